The highest BCUT2D eigenvalue weighted by Gasteiger charge is 2.46. The Kier molecular flexibility index (Phi) is 4.96. The zero-order valence-electron chi connectivity index (χ0n) is 16.2. The second-order valence-electron chi connectivity index (χ2n) is 8.53. The third kappa shape index (κ3) is 3.24. The second-order valence-corrected chi connectivity index (χ2v) is 8.53. The summed E-state index contributed by atoms with van der Waals surface area (Å²) in [5, 5.41) is 0. The highest BCUT2D eigenvalue weighted by Crippen LogP contribution is 2.41. The number of cyclic esters (lactones) is 1. The van der Waals surface area contributed by atoms with Crippen molar-refractivity contribution < 1.29 is 9.53 Å². The van der Waals surface area contributed by atoms with Crippen LogP contribution >= 0.6 is 0 Å². The Labute approximate surface area is 157 Å². The summed E-state index contributed by atoms with van der Waals surface area (Å²) in [6, 6.07) is 10.8. The summed E-state index contributed by atoms with van der Waals surface area (Å²) in [6.07, 6.45) is 3.85. The molecule has 0 amide bonds. The number of rotatable bonds is 6. The summed E-state index contributed by atoms with van der Waals surface area (Å²) in [5.74, 6) is 1.61. The van der Waals surface area contributed by atoms with Gasteiger partial charge in [0.1, 0.15) is 6.10 Å². The van der Waals surface area contributed by atoms with E-state index < -0.39 is 0 Å². The lowest BCUT2D eigenvalue weighted by molar-refractivity contribution is -0.149. The highest BCUT2D eigenvalue weighted by atomic mass is 16.6. The maximum Gasteiger partial charge on any atom is 0.312 e. The Morgan fingerprint density at radius 3 is 2.27 bits per heavy atom. The van der Waals surface area contributed by atoms with Gasteiger partial charge in [0.05, 0.1) is 5.41 Å². The molecule has 0 aliphatic carbocycles. The molecule has 142 valence electrons. The molecular weight excluding hydrogens is 324 g/mol. The van der Waals surface area contributed by atoms with Gasteiger partial charge in [-0.1, -0.05) is 32.0 Å². The number of benzene rings is 1. The van der Waals surface area contributed by atoms with E-state index in [2.05, 4.69) is 54.0 Å². The minimum atomic E-state index is -0.206. The van der Waals surface area contributed by atoms with Crippen molar-refractivity contribution >= 4 is 11.7 Å². The smallest absolute Gasteiger partial charge is 0.312 e. The number of likely N-dealkylation sites (tertiary alicyclic amines) is 1. The molecule has 4 rings (SSSR count). The van der Waals surface area contributed by atoms with Crippen LogP contribution in [0.5, 0.6) is 0 Å². The van der Waals surface area contributed by atoms with Crippen LogP contribution in [0.1, 0.15) is 39.5 Å². The molecule has 1 aromatic carbocycles. The average Bonchev–Trinajstić information content (AvgIpc) is 3.32. The van der Waals surface area contributed by atoms with Gasteiger partial charge in [0, 0.05) is 44.8 Å². The molecule has 3 fully saturated rings. The third-order valence-corrected chi connectivity index (χ3v) is 7.13. The van der Waals surface area contributed by atoms with Gasteiger partial charge in [-0.25, -0.2) is 0 Å². The molecule has 0 radical (unpaired) electrons. The summed E-state index contributed by atoms with van der Waals surface area (Å²) in [4.78, 5) is 17.4. The number of hydrogen-bond donors (Lipinski definition) is 0. The van der Waals surface area contributed by atoms with Crippen molar-refractivity contribution in [2.24, 2.45) is 17.3 Å². The second kappa shape index (κ2) is 7.22. The number of anilines is 1. The Bertz CT molecular complexity index is 614. The summed E-state index contributed by atoms with van der Waals surface area (Å²) in [6.45, 7) is 10.1. The van der Waals surface area contributed by atoms with E-state index in [1.165, 1.54) is 31.9 Å². The van der Waals surface area contributed by atoms with E-state index in [1.807, 2.05) is 0 Å². The molecule has 0 N–H and O–H groups in total. The number of nitrogens with zero attached hydrogens (tertiary/aromatic N) is 2. The lowest BCUT2D eigenvalue weighted by Crippen LogP contribution is -2.30. The van der Waals surface area contributed by atoms with Crippen LogP contribution < -0.4 is 4.90 Å². The number of carbonyl (C=O) groups excluding carboxylic acids is 1. The van der Waals surface area contributed by atoms with Crippen molar-refractivity contribution in [2.45, 2.75) is 45.6 Å². The number of esters is 1. The quantitative estimate of drug-likeness (QED) is 0.730. The van der Waals surface area contributed by atoms with Crippen molar-refractivity contribution in [1.29, 1.82) is 0 Å². The SMILES string of the molecule is CCC1(CC)C[C@H](CCN2CC3CN(c4ccccc4)CC3C2)OC1=O. The van der Waals surface area contributed by atoms with E-state index in [9.17, 15) is 4.79 Å². The van der Waals surface area contributed by atoms with E-state index in [4.69, 9.17) is 4.74 Å². The molecule has 0 saturated carbocycles. The molecule has 3 aliphatic heterocycles. The van der Waals surface area contributed by atoms with Gasteiger partial charge in [0.2, 0.25) is 0 Å². The predicted octanol–water partition coefficient (Wildman–Crippen LogP) is 3.57. The first-order valence-electron chi connectivity index (χ1n) is 10.4. The molecule has 0 aromatic heterocycles. The van der Waals surface area contributed by atoms with Crippen LogP contribution in [0.4, 0.5) is 5.69 Å². The topological polar surface area (TPSA) is 32.8 Å². The van der Waals surface area contributed by atoms with Crippen LogP contribution in [0.25, 0.3) is 0 Å². The highest BCUT2D eigenvalue weighted by molar-refractivity contribution is 5.78. The lowest BCUT2D eigenvalue weighted by Gasteiger charge is -2.24. The number of hydrogen-bond acceptors (Lipinski definition) is 4. The predicted molar refractivity (Wildman–Crippen MR) is 104 cm³/mol. The molecule has 4 nitrogen and oxygen atoms in total. The zero-order valence-corrected chi connectivity index (χ0v) is 16.2. The number of ether oxygens (including phenoxy) is 1. The normalized spacial score (nSPS) is 30.6. The zero-order chi connectivity index (χ0) is 18.1. The standard InChI is InChI=1S/C22H32N2O2/c1-3-22(4-2)12-20(26-21(22)25)10-11-23-13-17-15-24(16-18(17)14-23)19-8-6-5-7-9-19/h5-9,17-18,20H,3-4,10-16H2,1-2H3/t17?,18?,20-/m0/s1. The minimum Gasteiger partial charge on any atom is -0.462 e. The third-order valence-electron chi connectivity index (χ3n) is 7.13. The van der Waals surface area contributed by atoms with Crippen molar-refractivity contribution in [3.8, 4) is 0 Å². The Morgan fingerprint density at radius 1 is 1.04 bits per heavy atom. The Hall–Kier alpha value is -1.55. The van der Waals surface area contributed by atoms with E-state index in [1.54, 1.807) is 0 Å². The minimum absolute atomic E-state index is 0.0456. The van der Waals surface area contributed by atoms with Crippen LogP contribution in [0.2, 0.25) is 0 Å². The fourth-order valence-electron chi connectivity index (χ4n) is 5.27. The molecule has 3 atom stereocenters. The van der Waals surface area contributed by atoms with Crippen LogP contribution in [0, 0.1) is 17.3 Å². The number of carbonyl (C=O) groups is 1. The van der Waals surface area contributed by atoms with Gasteiger partial charge in [-0.3, -0.25) is 4.79 Å². The Balaban J connectivity index is 1.25. The van der Waals surface area contributed by atoms with E-state index in [-0.39, 0.29) is 17.5 Å². The lowest BCUT2D eigenvalue weighted by atomic mass is 9.79. The first-order chi connectivity index (χ1) is 12.6. The number of fused-ring (bicyclic) bond motifs is 1. The molecule has 0 bridgehead atoms. The van der Waals surface area contributed by atoms with Crippen molar-refractivity contribution in [1.82, 2.24) is 4.90 Å². The molecule has 3 heterocycles. The number of para-hydroxylation sites is 1. The van der Waals surface area contributed by atoms with Gasteiger partial charge < -0.3 is 14.5 Å². The largest absolute Gasteiger partial charge is 0.462 e. The summed E-state index contributed by atoms with van der Waals surface area (Å²) >= 11 is 0. The average molecular weight is 357 g/mol. The molecule has 3 aliphatic rings. The van der Waals surface area contributed by atoms with Crippen LogP contribution in [-0.2, 0) is 9.53 Å². The van der Waals surface area contributed by atoms with E-state index in [0.29, 0.717) is 0 Å². The van der Waals surface area contributed by atoms with E-state index in [0.717, 1.165) is 44.1 Å². The van der Waals surface area contributed by atoms with Crippen molar-refractivity contribution in [3.05, 3.63) is 30.3 Å². The monoisotopic (exact) mass is 356 g/mol. The van der Waals surface area contributed by atoms with Crippen LogP contribution in [0.3, 0.4) is 0 Å². The Morgan fingerprint density at radius 2 is 1.69 bits per heavy atom. The van der Waals surface area contributed by atoms with Crippen LogP contribution in [-0.4, -0.2) is 49.7 Å². The molecule has 1 aromatic rings. The van der Waals surface area contributed by atoms with E-state index >= 15 is 0 Å². The molecule has 2 unspecified atom stereocenters. The van der Waals surface area contributed by atoms with Gasteiger partial charge in [-0.2, -0.15) is 0 Å². The summed E-state index contributed by atoms with van der Waals surface area (Å²) in [5.41, 5.74) is 1.16. The van der Waals surface area contributed by atoms with Crippen molar-refractivity contribution in [2.75, 3.05) is 37.6 Å². The molecular formula is C22H32N2O2. The first-order valence-corrected chi connectivity index (χ1v) is 10.4. The van der Waals surface area contributed by atoms with Gasteiger partial charge in [0.15, 0.2) is 0 Å². The maximum atomic E-state index is 12.3. The van der Waals surface area contributed by atoms with Gasteiger partial charge in [-0.05, 0) is 43.2 Å². The fraction of sp³-hybridized carbons (Fsp3) is 0.682. The summed E-state index contributed by atoms with van der Waals surface area (Å²) < 4.78 is 5.71. The first kappa shape index (κ1) is 17.8. The molecule has 4 heteroatoms. The van der Waals surface area contributed by atoms with Gasteiger partial charge in [0.25, 0.3) is 0 Å². The molecule has 0 spiro atoms. The van der Waals surface area contributed by atoms with Gasteiger partial charge in [-0.15, -0.1) is 0 Å². The van der Waals surface area contributed by atoms with Crippen molar-refractivity contribution in [3.63, 3.8) is 0 Å². The van der Waals surface area contributed by atoms with Crippen LogP contribution in [0.15, 0.2) is 30.3 Å². The fourth-order valence-corrected chi connectivity index (χ4v) is 5.27. The summed E-state index contributed by atoms with van der Waals surface area (Å²) in [7, 11) is 0. The molecule has 3 saturated heterocycles. The van der Waals surface area contributed by atoms with Gasteiger partial charge >= 0.3 is 5.97 Å². The molecule has 26 heavy (non-hydrogen) atoms. The maximum absolute atomic E-state index is 12.3.